The highest BCUT2D eigenvalue weighted by Crippen LogP contribution is 2.18. The molecule has 0 heterocycles. The second kappa shape index (κ2) is 9.67. The van der Waals surface area contributed by atoms with E-state index in [1.54, 1.807) is 0 Å². The average Bonchev–Trinajstić information content (AvgIpc) is 2.52. The highest BCUT2D eigenvalue weighted by atomic mass is 32.2. The van der Waals surface area contributed by atoms with Crippen molar-refractivity contribution < 1.29 is 23.6 Å². The summed E-state index contributed by atoms with van der Waals surface area (Å²) in [6.07, 6.45) is 2.15. The van der Waals surface area contributed by atoms with E-state index in [0.717, 1.165) is 25.0 Å². The summed E-state index contributed by atoms with van der Waals surface area (Å²) in [5.74, 6) is 0. The minimum Gasteiger partial charge on any atom is -0.368 e. The van der Waals surface area contributed by atoms with E-state index in [1.807, 2.05) is 6.92 Å². The molecule has 3 N–H and O–H groups in total. The molecule has 1 rings (SSSR count). The Hall–Kier alpha value is -1.55. The Balaban J connectivity index is 2.79. The molecular weight excluding hydrogens is 336 g/mol. The maximum atomic E-state index is 12.4. The largest absolute Gasteiger partial charge is 0.368 e. The van der Waals surface area contributed by atoms with Gasteiger partial charge < -0.3 is 10.2 Å². The van der Waals surface area contributed by atoms with Gasteiger partial charge in [-0.1, -0.05) is 19.8 Å². The van der Waals surface area contributed by atoms with E-state index in [1.165, 1.54) is 12.1 Å². The van der Waals surface area contributed by atoms with Crippen LogP contribution in [0.25, 0.3) is 0 Å². The van der Waals surface area contributed by atoms with Crippen LogP contribution < -0.4 is 4.72 Å². The zero-order valence-corrected chi connectivity index (χ0v) is 14.4. The molecule has 0 aliphatic carbocycles. The summed E-state index contributed by atoms with van der Waals surface area (Å²) in [6.45, 7) is 2.00. The van der Waals surface area contributed by atoms with Gasteiger partial charge in [-0.3, -0.25) is 10.1 Å². The van der Waals surface area contributed by atoms with E-state index in [4.69, 9.17) is 10.2 Å². The lowest BCUT2D eigenvalue weighted by Crippen LogP contribution is -2.35. The number of sulfonamides is 1. The summed E-state index contributed by atoms with van der Waals surface area (Å²) in [5.41, 5.74) is -0.173. The molecule has 0 aromatic heterocycles. The van der Waals surface area contributed by atoms with Gasteiger partial charge in [0.2, 0.25) is 10.0 Å². The Morgan fingerprint density at radius 3 is 2.21 bits per heavy atom. The van der Waals surface area contributed by atoms with Crippen molar-refractivity contribution in [1.29, 1.82) is 0 Å². The number of hydrogen-bond acceptors (Lipinski definition) is 6. The summed E-state index contributed by atoms with van der Waals surface area (Å²) in [4.78, 5) is 10.0. The lowest BCUT2D eigenvalue weighted by Gasteiger charge is -2.19. The summed E-state index contributed by atoms with van der Waals surface area (Å²) in [5, 5.41) is 28.4. The monoisotopic (exact) mass is 360 g/mol. The summed E-state index contributed by atoms with van der Waals surface area (Å²) in [7, 11) is -3.78. The third kappa shape index (κ3) is 6.91. The molecule has 0 saturated heterocycles. The molecule has 9 heteroatoms. The van der Waals surface area contributed by atoms with Gasteiger partial charge in [0.25, 0.3) is 5.69 Å². The number of rotatable bonds is 11. The van der Waals surface area contributed by atoms with Crippen LogP contribution in [0, 0.1) is 10.1 Å². The summed E-state index contributed by atoms with van der Waals surface area (Å²) >= 11 is 0. The Bertz CT molecular complexity index is 615. The van der Waals surface area contributed by atoms with E-state index >= 15 is 0 Å². The highest BCUT2D eigenvalue weighted by Gasteiger charge is 2.20. The molecule has 0 aliphatic heterocycles. The molecule has 0 saturated carbocycles. The Labute approximate surface area is 141 Å². The van der Waals surface area contributed by atoms with Gasteiger partial charge in [-0.05, 0) is 37.8 Å². The second-order valence-electron chi connectivity index (χ2n) is 5.62. The zero-order chi connectivity index (χ0) is 18.2. The Morgan fingerprint density at radius 2 is 1.71 bits per heavy atom. The first-order valence-electron chi connectivity index (χ1n) is 7.89. The lowest BCUT2D eigenvalue weighted by molar-refractivity contribution is -0.384. The van der Waals surface area contributed by atoms with Gasteiger partial charge >= 0.3 is 0 Å². The first-order valence-corrected chi connectivity index (χ1v) is 9.37. The highest BCUT2D eigenvalue weighted by molar-refractivity contribution is 7.89. The molecule has 0 aliphatic rings. The van der Waals surface area contributed by atoms with Crippen molar-refractivity contribution in [2.75, 3.05) is 0 Å². The van der Waals surface area contributed by atoms with Gasteiger partial charge in [-0.2, -0.15) is 0 Å². The third-order valence-electron chi connectivity index (χ3n) is 3.60. The van der Waals surface area contributed by atoms with Crippen molar-refractivity contribution in [1.82, 2.24) is 4.72 Å². The molecule has 0 fully saturated rings. The number of nitrogens with one attached hydrogen (secondary N) is 1. The van der Waals surface area contributed by atoms with Crippen molar-refractivity contribution in [3.63, 3.8) is 0 Å². The van der Waals surface area contributed by atoms with Crippen LogP contribution in [0.3, 0.4) is 0 Å². The first-order chi connectivity index (χ1) is 11.3. The Kier molecular flexibility index (Phi) is 8.26. The molecule has 0 amide bonds. The van der Waals surface area contributed by atoms with Crippen molar-refractivity contribution in [2.24, 2.45) is 0 Å². The van der Waals surface area contributed by atoms with Crippen molar-refractivity contribution in [3.8, 4) is 0 Å². The van der Waals surface area contributed by atoms with Crippen LogP contribution in [0.5, 0.6) is 0 Å². The van der Waals surface area contributed by atoms with Crippen LogP contribution in [-0.2, 0) is 10.0 Å². The number of hydrogen-bond donors (Lipinski definition) is 3. The predicted octanol–water partition coefficient (Wildman–Crippen LogP) is 1.91. The van der Waals surface area contributed by atoms with Crippen LogP contribution in [0.1, 0.15) is 45.4 Å². The first kappa shape index (κ1) is 20.5. The molecule has 1 aromatic carbocycles. The number of aliphatic hydroxyl groups is 2. The second-order valence-corrected chi connectivity index (χ2v) is 7.34. The van der Waals surface area contributed by atoms with Crippen LogP contribution in [0.15, 0.2) is 29.2 Å². The minimum absolute atomic E-state index is 0.0307. The fraction of sp³-hybridized carbons (Fsp3) is 0.600. The standard InChI is InChI=1S/C15H24N2O6S/c1-2-3-5-12(6-4-7-15(18)19)16-24(22,23)14-10-8-13(9-11-14)17(20)21/h8-12,15-16,18-19H,2-7H2,1H3. The SMILES string of the molecule is CCCCC(CCCC(O)O)NS(=O)(=O)c1ccc([N+](=O)[O-])cc1. The molecule has 1 aromatic rings. The van der Waals surface area contributed by atoms with Gasteiger partial charge in [-0.25, -0.2) is 13.1 Å². The van der Waals surface area contributed by atoms with Crippen molar-refractivity contribution in [2.45, 2.75) is 62.7 Å². The number of non-ortho nitro benzene ring substituents is 1. The van der Waals surface area contributed by atoms with E-state index in [9.17, 15) is 18.5 Å². The Morgan fingerprint density at radius 1 is 1.12 bits per heavy atom. The number of benzene rings is 1. The van der Waals surface area contributed by atoms with Gasteiger partial charge in [0.05, 0.1) is 9.82 Å². The molecule has 0 radical (unpaired) electrons. The minimum atomic E-state index is -3.78. The molecule has 0 bridgehead atoms. The van der Waals surface area contributed by atoms with Crippen LogP contribution >= 0.6 is 0 Å². The summed E-state index contributed by atoms with van der Waals surface area (Å²) in [6, 6.07) is 4.39. The fourth-order valence-electron chi connectivity index (χ4n) is 2.29. The number of nitrogens with zero attached hydrogens (tertiary/aromatic N) is 1. The number of unbranched alkanes of at least 4 members (excludes halogenated alkanes) is 1. The maximum absolute atomic E-state index is 12.4. The van der Waals surface area contributed by atoms with E-state index in [2.05, 4.69) is 4.72 Å². The third-order valence-corrected chi connectivity index (χ3v) is 5.14. The van der Waals surface area contributed by atoms with Crippen molar-refractivity contribution >= 4 is 15.7 Å². The molecule has 1 atom stereocenters. The van der Waals surface area contributed by atoms with E-state index in [0.29, 0.717) is 19.3 Å². The average molecular weight is 360 g/mol. The number of nitro benzene ring substituents is 1. The molecule has 136 valence electrons. The van der Waals surface area contributed by atoms with Gasteiger partial charge in [0.1, 0.15) is 0 Å². The van der Waals surface area contributed by atoms with Crippen LogP contribution in [0.4, 0.5) is 5.69 Å². The molecule has 24 heavy (non-hydrogen) atoms. The number of aliphatic hydroxyl groups excluding tert-OH is 1. The maximum Gasteiger partial charge on any atom is 0.269 e. The topological polar surface area (TPSA) is 130 Å². The van der Waals surface area contributed by atoms with Crippen LogP contribution in [-0.4, -0.2) is 35.9 Å². The van der Waals surface area contributed by atoms with E-state index in [-0.39, 0.29) is 23.0 Å². The van der Waals surface area contributed by atoms with Gasteiger partial charge in [-0.15, -0.1) is 0 Å². The molecule has 0 spiro atoms. The molecule has 1 unspecified atom stereocenters. The fourth-order valence-corrected chi connectivity index (χ4v) is 3.60. The smallest absolute Gasteiger partial charge is 0.269 e. The van der Waals surface area contributed by atoms with Crippen molar-refractivity contribution in [3.05, 3.63) is 34.4 Å². The van der Waals surface area contributed by atoms with Gasteiger partial charge in [0.15, 0.2) is 6.29 Å². The molecular formula is C15H24N2O6S. The molecule has 8 nitrogen and oxygen atoms in total. The number of nitro groups is 1. The predicted molar refractivity (Wildman–Crippen MR) is 88.8 cm³/mol. The van der Waals surface area contributed by atoms with E-state index < -0.39 is 21.2 Å². The van der Waals surface area contributed by atoms with Gasteiger partial charge in [0, 0.05) is 18.2 Å². The zero-order valence-electron chi connectivity index (χ0n) is 13.6. The van der Waals surface area contributed by atoms with Crippen LogP contribution in [0.2, 0.25) is 0 Å². The normalized spacial score (nSPS) is 13.2. The lowest BCUT2D eigenvalue weighted by atomic mass is 10.0. The quantitative estimate of drug-likeness (QED) is 0.314. The summed E-state index contributed by atoms with van der Waals surface area (Å²) < 4.78 is 27.4.